The standard InChI is InChI=1S/C19H20N8O5.BrH/c28-13(23-17-20-4-1-5-21-17)9-27-6-2-11(3-7-27)12(8-27)32-19(31)26-10-22-14-15(26)24-18(30)25-16(14)29;/h1,4-5,10-12H,2-3,6-9H2,(H2-,20,21,23,24,25,28,29,30);1H/t11?,12-,27?;/m0./s1. The van der Waals surface area contributed by atoms with Gasteiger partial charge in [-0.15, -0.1) is 0 Å². The number of anilines is 1. The summed E-state index contributed by atoms with van der Waals surface area (Å²) in [5.74, 6) is 0.247. The quantitative estimate of drug-likeness (QED) is 0.297. The third-order valence-corrected chi connectivity index (χ3v) is 6.23. The molecular weight excluding hydrogens is 500 g/mol. The normalized spacial score (nSPS) is 23.6. The number of imidazole rings is 1. The van der Waals surface area contributed by atoms with Crippen molar-refractivity contribution in [3.63, 3.8) is 0 Å². The lowest BCUT2D eigenvalue weighted by Gasteiger charge is -2.51. The molecular formula is C19H21BrN8O5. The van der Waals surface area contributed by atoms with Crippen molar-refractivity contribution in [2.45, 2.75) is 18.9 Å². The molecule has 3 saturated heterocycles. The van der Waals surface area contributed by atoms with Crippen LogP contribution in [0.5, 0.6) is 0 Å². The smallest absolute Gasteiger partial charge is 0.421 e. The summed E-state index contributed by atoms with van der Waals surface area (Å²) < 4.78 is 7.29. The highest BCUT2D eigenvalue weighted by molar-refractivity contribution is 5.89. The number of piperidine rings is 3. The minimum Gasteiger partial charge on any atom is -1.00 e. The first-order valence-electron chi connectivity index (χ1n) is 10.3. The Bertz CT molecular complexity index is 1290. The Balaban J connectivity index is 0.00000259. The molecule has 33 heavy (non-hydrogen) atoms. The minimum atomic E-state index is -0.738. The maximum absolute atomic E-state index is 12.8. The first kappa shape index (κ1) is 22.8. The zero-order valence-electron chi connectivity index (χ0n) is 17.4. The molecule has 6 heterocycles. The number of ether oxygens (including phenoxy) is 1. The van der Waals surface area contributed by atoms with E-state index in [9.17, 15) is 19.2 Å². The number of hydrogen-bond acceptors (Lipinski definition) is 8. The fourth-order valence-electron chi connectivity index (χ4n) is 4.67. The van der Waals surface area contributed by atoms with Crippen LogP contribution < -0.4 is 33.5 Å². The summed E-state index contributed by atoms with van der Waals surface area (Å²) in [7, 11) is 0. The Morgan fingerprint density at radius 3 is 2.61 bits per heavy atom. The van der Waals surface area contributed by atoms with Gasteiger partial charge in [0.2, 0.25) is 5.95 Å². The van der Waals surface area contributed by atoms with Crippen molar-refractivity contribution < 1.29 is 35.8 Å². The van der Waals surface area contributed by atoms with Gasteiger partial charge in [0.05, 0.1) is 13.1 Å². The largest absolute Gasteiger partial charge is 1.00 e. The Morgan fingerprint density at radius 2 is 1.88 bits per heavy atom. The zero-order chi connectivity index (χ0) is 22.3. The number of H-pyrrole nitrogens is 2. The summed E-state index contributed by atoms with van der Waals surface area (Å²) in [5, 5.41) is 2.71. The van der Waals surface area contributed by atoms with Gasteiger partial charge in [0.15, 0.2) is 23.8 Å². The number of carbonyl (C=O) groups excluding carboxylic acids is 2. The van der Waals surface area contributed by atoms with E-state index in [1.807, 2.05) is 0 Å². The van der Waals surface area contributed by atoms with E-state index in [0.717, 1.165) is 36.8 Å². The van der Waals surface area contributed by atoms with Crippen LogP contribution in [-0.4, -0.2) is 78.3 Å². The second kappa shape index (κ2) is 8.86. The molecule has 0 aliphatic carbocycles. The summed E-state index contributed by atoms with van der Waals surface area (Å²) in [6, 6.07) is 1.67. The van der Waals surface area contributed by atoms with Gasteiger partial charge in [-0.3, -0.25) is 24.9 Å². The van der Waals surface area contributed by atoms with Crippen LogP contribution in [0.4, 0.5) is 10.7 Å². The predicted molar refractivity (Wildman–Crippen MR) is 110 cm³/mol. The van der Waals surface area contributed by atoms with Crippen LogP contribution in [0.3, 0.4) is 0 Å². The molecule has 3 N–H and O–H groups in total. The minimum absolute atomic E-state index is 0. The number of hydrogen-bond donors (Lipinski definition) is 3. The Morgan fingerprint density at radius 1 is 1.15 bits per heavy atom. The fourth-order valence-corrected chi connectivity index (χ4v) is 4.67. The highest BCUT2D eigenvalue weighted by Gasteiger charge is 2.48. The summed E-state index contributed by atoms with van der Waals surface area (Å²) in [6.45, 7) is 2.37. The van der Waals surface area contributed by atoms with Gasteiger partial charge in [-0.25, -0.2) is 29.1 Å². The molecule has 2 bridgehead atoms. The average Bonchev–Trinajstić information content (AvgIpc) is 3.19. The fraction of sp³-hybridized carbons (Fsp3) is 0.421. The average molecular weight is 521 g/mol. The first-order chi connectivity index (χ1) is 15.4. The molecule has 0 unspecified atom stereocenters. The van der Waals surface area contributed by atoms with E-state index in [1.54, 1.807) is 18.5 Å². The maximum Gasteiger partial charge on any atom is 0.421 e. The number of halogens is 1. The molecule has 0 saturated carbocycles. The molecule has 0 radical (unpaired) electrons. The van der Waals surface area contributed by atoms with Gasteiger partial charge in [-0.05, 0) is 6.07 Å². The van der Waals surface area contributed by atoms with Gasteiger partial charge >= 0.3 is 11.8 Å². The van der Waals surface area contributed by atoms with Crippen molar-refractivity contribution in [2.75, 3.05) is 31.5 Å². The van der Waals surface area contributed by atoms with Crippen LogP contribution in [0.1, 0.15) is 12.8 Å². The van der Waals surface area contributed by atoms with Crippen LogP contribution in [0.25, 0.3) is 11.2 Å². The summed E-state index contributed by atoms with van der Waals surface area (Å²) in [4.78, 5) is 65.3. The molecule has 3 aliphatic heterocycles. The van der Waals surface area contributed by atoms with Gasteiger partial charge in [0, 0.05) is 31.2 Å². The summed E-state index contributed by atoms with van der Waals surface area (Å²) in [6.07, 6.45) is 4.79. The molecule has 174 valence electrons. The molecule has 3 aromatic heterocycles. The lowest BCUT2D eigenvalue weighted by molar-refractivity contribution is -0.938. The molecule has 3 fully saturated rings. The summed E-state index contributed by atoms with van der Waals surface area (Å²) in [5.41, 5.74) is -1.50. The Hall–Kier alpha value is -3.39. The van der Waals surface area contributed by atoms with Gasteiger partial charge < -0.3 is 26.2 Å². The van der Waals surface area contributed by atoms with Gasteiger partial charge in [-0.2, -0.15) is 0 Å². The number of quaternary nitrogens is 1. The Labute approximate surface area is 196 Å². The zero-order valence-corrected chi connectivity index (χ0v) is 18.9. The van der Waals surface area contributed by atoms with Gasteiger partial charge in [0.1, 0.15) is 12.9 Å². The van der Waals surface area contributed by atoms with Crippen LogP contribution in [0.2, 0.25) is 0 Å². The first-order valence-corrected chi connectivity index (χ1v) is 10.3. The van der Waals surface area contributed by atoms with E-state index in [1.165, 1.54) is 0 Å². The lowest BCUT2D eigenvalue weighted by Crippen LogP contribution is -3.00. The number of amides is 1. The monoisotopic (exact) mass is 520 g/mol. The van der Waals surface area contributed by atoms with Crippen molar-refractivity contribution in [3.05, 3.63) is 45.6 Å². The number of nitrogens with zero attached hydrogens (tertiary/aromatic N) is 5. The third kappa shape index (κ3) is 4.43. The van der Waals surface area contributed by atoms with Gasteiger partial charge in [-0.1, -0.05) is 0 Å². The van der Waals surface area contributed by atoms with Crippen LogP contribution in [0.15, 0.2) is 34.4 Å². The molecule has 1 amide bonds. The van der Waals surface area contributed by atoms with Crippen LogP contribution in [0, 0.1) is 5.92 Å². The number of rotatable bonds is 4. The van der Waals surface area contributed by atoms with Crippen molar-refractivity contribution in [3.8, 4) is 0 Å². The van der Waals surface area contributed by atoms with E-state index in [2.05, 4.69) is 30.2 Å². The molecule has 14 heteroatoms. The van der Waals surface area contributed by atoms with E-state index in [-0.39, 0.29) is 52.5 Å². The molecule has 1 atom stereocenters. The maximum atomic E-state index is 12.8. The number of fused-ring (bicyclic) bond motifs is 4. The molecule has 0 aromatic carbocycles. The van der Waals surface area contributed by atoms with Crippen molar-refractivity contribution >= 4 is 29.1 Å². The van der Waals surface area contributed by atoms with E-state index < -0.39 is 23.4 Å². The topological polar surface area (TPSA) is 165 Å². The van der Waals surface area contributed by atoms with Crippen LogP contribution in [-0.2, 0) is 9.53 Å². The lowest BCUT2D eigenvalue weighted by atomic mass is 9.83. The SMILES string of the molecule is O=C(C[N+]12CCC(CC1)[C@@H](OC(=O)n1cnc3c(=O)[nH]c(=O)[nH]c31)C2)Nc1ncccn1.[Br-]. The second-order valence-electron chi connectivity index (χ2n) is 8.23. The molecule has 13 nitrogen and oxygen atoms in total. The number of aromatic amines is 2. The molecule has 3 aliphatic rings. The van der Waals surface area contributed by atoms with Crippen molar-refractivity contribution in [1.29, 1.82) is 0 Å². The van der Waals surface area contributed by atoms with E-state index >= 15 is 0 Å². The molecule has 3 aromatic rings. The molecule has 6 rings (SSSR count). The summed E-state index contributed by atoms with van der Waals surface area (Å²) >= 11 is 0. The second-order valence-corrected chi connectivity index (χ2v) is 8.23. The van der Waals surface area contributed by atoms with Crippen molar-refractivity contribution in [1.82, 2.24) is 29.5 Å². The molecule has 0 spiro atoms. The highest BCUT2D eigenvalue weighted by Crippen LogP contribution is 2.35. The van der Waals surface area contributed by atoms with Crippen molar-refractivity contribution in [2.24, 2.45) is 5.92 Å². The highest BCUT2D eigenvalue weighted by atomic mass is 79.9. The van der Waals surface area contributed by atoms with E-state index in [4.69, 9.17) is 4.74 Å². The van der Waals surface area contributed by atoms with Crippen LogP contribution >= 0.6 is 0 Å². The van der Waals surface area contributed by atoms with E-state index in [0.29, 0.717) is 11.0 Å². The third-order valence-electron chi connectivity index (χ3n) is 6.23. The number of carbonyl (C=O) groups is 2. The predicted octanol–water partition coefficient (Wildman–Crippen LogP) is -3.56. The Kier molecular flexibility index (Phi) is 6.12. The number of nitrogens with one attached hydrogen (secondary N) is 3. The number of aromatic nitrogens is 6. The van der Waals surface area contributed by atoms with Gasteiger partial charge in [0.25, 0.3) is 11.5 Å².